The highest BCUT2D eigenvalue weighted by Crippen LogP contribution is 2.27. The molecular weight excluding hydrogens is 362 g/mol. The van der Waals surface area contributed by atoms with Crippen LogP contribution in [-0.2, 0) is 6.61 Å². The van der Waals surface area contributed by atoms with Crippen molar-refractivity contribution in [3.8, 4) is 5.75 Å². The molecule has 1 fully saturated rings. The van der Waals surface area contributed by atoms with Crippen molar-refractivity contribution in [1.82, 2.24) is 9.80 Å². The van der Waals surface area contributed by atoms with Crippen LogP contribution in [0.3, 0.4) is 0 Å². The third kappa shape index (κ3) is 5.09. The monoisotopic (exact) mass is 386 g/mol. The van der Waals surface area contributed by atoms with Crippen molar-refractivity contribution in [3.05, 3.63) is 71.8 Å². The van der Waals surface area contributed by atoms with Crippen LogP contribution in [0, 0.1) is 0 Å². The van der Waals surface area contributed by atoms with Gasteiger partial charge in [0.25, 0.3) is 6.08 Å². The average Bonchev–Trinajstić information content (AvgIpc) is 2.71. The zero-order valence-corrected chi connectivity index (χ0v) is 15.9. The summed E-state index contributed by atoms with van der Waals surface area (Å²) in [4.78, 5) is 15.4. The van der Waals surface area contributed by atoms with E-state index in [1.165, 1.54) is 0 Å². The Kier molecular flexibility index (Phi) is 6.63. The van der Waals surface area contributed by atoms with Crippen LogP contribution in [0.5, 0.6) is 5.75 Å². The van der Waals surface area contributed by atoms with Crippen molar-refractivity contribution in [2.24, 2.45) is 0 Å². The number of ether oxygens (including phenoxy) is 1. The molecule has 1 saturated heterocycles. The van der Waals surface area contributed by atoms with Crippen molar-refractivity contribution in [2.75, 3.05) is 26.7 Å². The summed E-state index contributed by atoms with van der Waals surface area (Å²) in [5.41, 5.74) is 1.46. The fraction of sp³-hybridized carbons (Fsp3) is 0.318. The van der Waals surface area contributed by atoms with Gasteiger partial charge in [-0.2, -0.15) is 8.78 Å². The van der Waals surface area contributed by atoms with E-state index >= 15 is 0 Å². The Morgan fingerprint density at radius 3 is 2.43 bits per heavy atom. The second-order valence-electron chi connectivity index (χ2n) is 6.83. The smallest absolute Gasteiger partial charge is 0.319 e. The number of rotatable bonds is 7. The molecule has 0 spiro atoms. The molecular formula is C22H24F2N2O2. The molecule has 6 heteroatoms. The minimum Gasteiger partial charge on any atom is -0.489 e. The number of carbonyl (C=O) groups excluding carboxylic acids is 1. The third-order valence-corrected chi connectivity index (χ3v) is 4.83. The van der Waals surface area contributed by atoms with Gasteiger partial charge in [-0.3, -0.25) is 0 Å². The molecule has 2 aromatic rings. The van der Waals surface area contributed by atoms with Gasteiger partial charge in [-0.15, -0.1) is 0 Å². The Morgan fingerprint density at radius 2 is 1.75 bits per heavy atom. The van der Waals surface area contributed by atoms with Crippen molar-refractivity contribution in [3.63, 3.8) is 0 Å². The van der Waals surface area contributed by atoms with E-state index in [-0.39, 0.29) is 24.6 Å². The summed E-state index contributed by atoms with van der Waals surface area (Å²) >= 11 is 0. The summed E-state index contributed by atoms with van der Waals surface area (Å²) < 4.78 is 32.7. The van der Waals surface area contributed by atoms with E-state index in [1.807, 2.05) is 30.3 Å². The van der Waals surface area contributed by atoms with Crippen LogP contribution in [0.15, 0.2) is 60.7 Å². The minimum atomic E-state index is -1.71. The Labute approximate surface area is 164 Å². The Bertz CT molecular complexity index is 818. The first kappa shape index (κ1) is 19.9. The Hall–Kier alpha value is -2.89. The van der Waals surface area contributed by atoms with Crippen LogP contribution in [0.1, 0.15) is 24.0 Å². The average molecular weight is 386 g/mol. The zero-order chi connectivity index (χ0) is 19.9. The number of hydrogen-bond donors (Lipinski definition) is 0. The van der Waals surface area contributed by atoms with E-state index in [9.17, 15) is 13.6 Å². The highest BCUT2D eigenvalue weighted by atomic mass is 19.3. The van der Waals surface area contributed by atoms with Crippen molar-refractivity contribution >= 4 is 11.6 Å². The van der Waals surface area contributed by atoms with Crippen LogP contribution in [0.25, 0.3) is 5.57 Å². The van der Waals surface area contributed by atoms with Gasteiger partial charge in [0.1, 0.15) is 12.4 Å². The molecule has 2 amide bonds. The molecule has 0 N–H and O–H groups in total. The number of benzene rings is 2. The second-order valence-corrected chi connectivity index (χ2v) is 6.83. The number of hydrogen-bond acceptors (Lipinski definition) is 2. The number of carbonyl (C=O) groups is 1. The second kappa shape index (κ2) is 9.35. The van der Waals surface area contributed by atoms with Gasteiger partial charge in [0.2, 0.25) is 0 Å². The van der Waals surface area contributed by atoms with Gasteiger partial charge >= 0.3 is 6.03 Å². The maximum absolute atomic E-state index is 13.5. The number of nitrogens with zero attached hydrogens (tertiary/aromatic N) is 2. The fourth-order valence-electron chi connectivity index (χ4n) is 3.23. The SMILES string of the molecule is CN1CCCN(CCC(=C(F)F)c2ccc(OCc3ccccc3)cc2)C1=O. The van der Waals surface area contributed by atoms with Gasteiger partial charge in [0.05, 0.1) is 0 Å². The van der Waals surface area contributed by atoms with E-state index in [0.717, 1.165) is 12.0 Å². The summed E-state index contributed by atoms with van der Waals surface area (Å²) in [5, 5.41) is 0. The van der Waals surface area contributed by atoms with Crippen LogP contribution < -0.4 is 4.74 Å². The quantitative estimate of drug-likeness (QED) is 0.669. The highest BCUT2D eigenvalue weighted by Gasteiger charge is 2.23. The molecule has 1 aliphatic rings. The topological polar surface area (TPSA) is 32.8 Å². The lowest BCUT2D eigenvalue weighted by Gasteiger charge is -2.33. The maximum Gasteiger partial charge on any atom is 0.319 e. The van der Waals surface area contributed by atoms with Gasteiger partial charge in [-0.1, -0.05) is 42.5 Å². The van der Waals surface area contributed by atoms with Crippen molar-refractivity contribution in [2.45, 2.75) is 19.4 Å². The first-order chi connectivity index (χ1) is 13.5. The summed E-state index contributed by atoms with van der Waals surface area (Å²) in [5.74, 6) is 0.624. The molecule has 28 heavy (non-hydrogen) atoms. The van der Waals surface area contributed by atoms with Crippen LogP contribution >= 0.6 is 0 Å². The molecule has 0 unspecified atom stereocenters. The van der Waals surface area contributed by atoms with Crippen LogP contribution in [0.4, 0.5) is 13.6 Å². The van der Waals surface area contributed by atoms with E-state index < -0.39 is 6.08 Å². The molecule has 0 aliphatic carbocycles. The predicted octanol–water partition coefficient (Wildman–Crippen LogP) is 5.02. The molecule has 3 rings (SSSR count). The van der Waals surface area contributed by atoms with Gasteiger partial charge in [0.15, 0.2) is 0 Å². The zero-order valence-electron chi connectivity index (χ0n) is 15.9. The molecule has 148 valence electrons. The fourth-order valence-corrected chi connectivity index (χ4v) is 3.23. The summed E-state index contributed by atoms with van der Waals surface area (Å²) in [7, 11) is 1.73. The largest absolute Gasteiger partial charge is 0.489 e. The number of halogens is 2. The van der Waals surface area contributed by atoms with Crippen LogP contribution in [-0.4, -0.2) is 42.5 Å². The third-order valence-electron chi connectivity index (χ3n) is 4.83. The highest BCUT2D eigenvalue weighted by molar-refractivity contribution is 5.75. The first-order valence-electron chi connectivity index (χ1n) is 9.36. The van der Waals surface area contributed by atoms with Crippen molar-refractivity contribution in [1.29, 1.82) is 0 Å². The molecule has 2 aromatic carbocycles. The van der Waals surface area contributed by atoms with E-state index in [0.29, 0.717) is 31.0 Å². The standard InChI is InChI=1S/C22H24F2N2O2/c1-25-13-5-14-26(22(25)27)15-12-20(21(23)24)18-8-10-19(11-9-18)28-16-17-6-3-2-4-7-17/h2-4,6-11H,5,12-16H2,1H3. The Morgan fingerprint density at radius 1 is 1.04 bits per heavy atom. The van der Waals surface area contributed by atoms with Crippen molar-refractivity contribution < 1.29 is 18.3 Å². The first-order valence-corrected chi connectivity index (χ1v) is 9.36. The molecule has 1 heterocycles. The molecule has 0 aromatic heterocycles. The lowest BCUT2D eigenvalue weighted by atomic mass is 10.0. The van der Waals surface area contributed by atoms with Gasteiger partial charge in [-0.05, 0) is 36.1 Å². The molecule has 0 radical (unpaired) electrons. The molecule has 0 bridgehead atoms. The van der Waals surface area contributed by atoms with Crippen LogP contribution in [0.2, 0.25) is 0 Å². The van der Waals surface area contributed by atoms with E-state index in [4.69, 9.17) is 4.74 Å². The molecule has 0 saturated carbocycles. The molecule has 0 atom stereocenters. The van der Waals surface area contributed by atoms with Gasteiger partial charge in [-0.25, -0.2) is 4.79 Å². The molecule has 4 nitrogen and oxygen atoms in total. The summed E-state index contributed by atoms with van der Waals surface area (Å²) in [6.07, 6.45) is -0.741. The Balaban J connectivity index is 1.61. The summed E-state index contributed by atoms with van der Waals surface area (Å²) in [6.45, 7) is 2.02. The lowest BCUT2D eigenvalue weighted by Crippen LogP contribution is -2.47. The normalized spacial score (nSPS) is 14.2. The summed E-state index contributed by atoms with van der Waals surface area (Å²) in [6, 6.07) is 16.3. The van der Waals surface area contributed by atoms with E-state index in [1.54, 1.807) is 41.1 Å². The van der Waals surface area contributed by atoms with Gasteiger partial charge < -0.3 is 14.5 Å². The predicted molar refractivity (Wildman–Crippen MR) is 105 cm³/mol. The van der Waals surface area contributed by atoms with E-state index in [2.05, 4.69) is 0 Å². The van der Waals surface area contributed by atoms with Gasteiger partial charge in [0, 0.05) is 32.3 Å². The molecule has 1 aliphatic heterocycles. The lowest BCUT2D eigenvalue weighted by molar-refractivity contribution is 0.142. The number of urea groups is 1. The maximum atomic E-state index is 13.5. The minimum absolute atomic E-state index is 0.0318. The number of amides is 2.